The smallest absolute Gasteiger partial charge is 0.328 e. The molecule has 0 radical (unpaired) electrons. The molecule has 0 rings (SSSR count). The van der Waals surface area contributed by atoms with Gasteiger partial charge in [0.05, 0.1) is 0 Å². The molecule has 7 heteroatoms. The van der Waals surface area contributed by atoms with Gasteiger partial charge in [-0.05, 0) is 0 Å². The molecule has 13 heavy (non-hydrogen) atoms. The van der Waals surface area contributed by atoms with Crippen LogP contribution in [0.15, 0.2) is 0 Å². The van der Waals surface area contributed by atoms with Crippen molar-refractivity contribution in [3.63, 3.8) is 0 Å². The lowest BCUT2D eigenvalue weighted by Gasteiger charge is -2.07. The average molecular weight is 446 g/mol. The van der Waals surface area contributed by atoms with Crippen molar-refractivity contribution in [2.24, 2.45) is 0 Å². The fourth-order valence-electron chi connectivity index (χ4n) is 0.353. The zero-order chi connectivity index (χ0) is 10.4. The van der Waals surface area contributed by atoms with Crippen LogP contribution in [0.1, 0.15) is 0 Å². The molecule has 0 aromatic carbocycles. The zero-order valence-corrected chi connectivity index (χ0v) is 12.6. The van der Waals surface area contributed by atoms with E-state index in [-0.39, 0.29) is 0 Å². The molecule has 2 atom stereocenters. The summed E-state index contributed by atoms with van der Waals surface area (Å²) in [6.07, 6.45) is 0. The number of rotatable bonds is 4. The quantitative estimate of drug-likeness (QED) is 0.379. The standard InChI is InChI=1S/C6H6Br4O3/c7-1-3(9)5(11)13-6(12)4(10)2-8/h3-4H,1-2H2. The first kappa shape index (κ1) is 14.1. The van der Waals surface area contributed by atoms with Gasteiger partial charge in [-0.3, -0.25) is 9.59 Å². The van der Waals surface area contributed by atoms with E-state index in [1.54, 1.807) is 0 Å². The second kappa shape index (κ2) is 7.36. The molecule has 0 saturated heterocycles. The molecule has 0 bridgehead atoms. The van der Waals surface area contributed by atoms with Crippen LogP contribution in [-0.2, 0) is 14.3 Å². The summed E-state index contributed by atoms with van der Waals surface area (Å²) >= 11 is 12.2. The molecule has 0 aromatic rings. The van der Waals surface area contributed by atoms with E-state index in [1.165, 1.54) is 0 Å². The summed E-state index contributed by atoms with van der Waals surface area (Å²) in [5.74, 6) is -1.18. The van der Waals surface area contributed by atoms with E-state index in [2.05, 4.69) is 68.5 Å². The van der Waals surface area contributed by atoms with Crippen LogP contribution >= 0.6 is 63.7 Å². The average Bonchev–Trinajstić information content (AvgIpc) is 2.14. The highest BCUT2D eigenvalue weighted by atomic mass is 79.9. The number of carbonyl (C=O) groups excluding carboxylic acids is 2. The largest absolute Gasteiger partial charge is 0.391 e. The molecule has 2 unspecified atom stereocenters. The molecule has 0 aliphatic carbocycles. The number of hydrogen-bond donors (Lipinski definition) is 0. The number of ether oxygens (including phenoxy) is 1. The van der Waals surface area contributed by atoms with Crippen molar-refractivity contribution in [2.75, 3.05) is 10.7 Å². The molecule has 0 fully saturated rings. The molecule has 0 heterocycles. The Bertz CT molecular complexity index is 176. The van der Waals surface area contributed by atoms with E-state index in [4.69, 9.17) is 0 Å². The second-order valence-corrected chi connectivity index (χ2v) is 5.49. The first-order valence-corrected chi connectivity index (χ1v) is 7.26. The monoisotopic (exact) mass is 442 g/mol. The van der Waals surface area contributed by atoms with Gasteiger partial charge in [-0.25, -0.2) is 0 Å². The molecule has 0 spiro atoms. The van der Waals surface area contributed by atoms with Crippen LogP contribution in [-0.4, -0.2) is 32.3 Å². The summed E-state index contributed by atoms with van der Waals surface area (Å²) in [6.45, 7) is 0. The van der Waals surface area contributed by atoms with Gasteiger partial charge in [-0.1, -0.05) is 63.7 Å². The van der Waals surface area contributed by atoms with Gasteiger partial charge in [0.25, 0.3) is 0 Å². The van der Waals surface area contributed by atoms with Gasteiger partial charge in [0.1, 0.15) is 9.65 Å². The molecular weight excluding hydrogens is 440 g/mol. The minimum Gasteiger partial charge on any atom is -0.391 e. The van der Waals surface area contributed by atoms with Crippen molar-refractivity contribution >= 4 is 75.7 Å². The van der Waals surface area contributed by atoms with Gasteiger partial charge in [0, 0.05) is 10.7 Å². The van der Waals surface area contributed by atoms with E-state index in [0.717, 1.165) is 0 Å². The Balaban J connectivity index is 3.99. The van der Waals surface area contributed by atoms with Gasteiger partial charge in [0.15, 0.2) is 0 Å². The van der Waals surface area contributed by atoms with Gasteiger partial charge in [-0.2, -0.15) is 0 Å². The normalized spacial score (nSPS) is 14.8. The number of esters is 2. The highest BCUT2D eigenvalue weighted by molar-refractivity contribution is 9.12. The molecule has 0 amide bonds. The van der Waals surface area contributed by atoms with E-state index >= 15 is 0 Å². The molecule has 76 valence electrons. The maximum atomic E-state index is 11.0. The van der Waals surface area contributed by atoms with E-state index < -0.39 is 21.6 Å². The van der Waals surface area contributed by atoms with Crippen molar-refractivity contribution in [2.45, 2.75) is 9.65 Å². The van der Waals surface area contributed by atoms with Crippen LogP contribution in [0.2, 0.25) is 0 Å². The third-order valence-corrected chi connectivity index (χ3v) is 5.41. The zero-order valence-electron chi connectivity index (χ0n) is 6.31. The minimum absolute atomic E-state index is 0.403. The summed E-state index contributed by atoms with van der Waals surface area (Å²) in [5.41, 5.74) is 0. The number of hydrogen-bond acceptors (Lipinski definition) is 3. The predicted octanol–water partition coefficient (Wildman–Crippen LogP) is 2.37. The van der Waals surface area contributed by atoms with Gasteiger partial charge in [0.2, 0.25) is 0 Å². The van der Waals surface area contributed by atoms with Crippen LogP contribution in [0.5, 0.6) is 0 Å². The Labute approximate surface area is 109 Å². The topological polar surface area (TPSA) is 43.4 Å². The first-order valence-electron chi connectivity index (χ1n) is 3.18. The Morgan fingerprint density at radius 3 is 1.54 bits per heavy atom. The maximum Gasteiger partial charge on any atom is 0.328 e. The Morgan fingerprint density at radius 2 is 1.31 bits per heavy atom. The van der Waals surface area contributed by atoms with Gasteiger partial charge < -0.3 is 4.74 Å². The fourth-order valence-corrected chi connectivity index (χ4v) is 1.07. The predicted molar refractivity (Wildman–Crippen MR) is 64.1 cm³/mol. The number of halogens is 4. The third kappa shape index (κ3) is 5.49. The summed E-state index contributed by atoms with van der Waals surface area (Å²) in [6, 6.07) is 0. The maximum absolute atomic E-state index is 11.0. The minimum atomic E-state index is -0.590. The molecule has 0 aliphatic rings. The van der Waals surface area contributed by atoms with Crippen LogP contribution in [0.25, 0.3) is 0 Å². The van der Waals surface area contributed by atoms with Gasteiger partial charge in [-0.15, -0.1) is 0 Å². The summed E-state index contributed by atoms with van der Waals surface area (Å²) < 4.78 is 4.52. The molecule has 0 aliphatic heterocycles. The van der Waals surface area contributed by atoms with Gasteiger partial charge >= 0.3 is 11.9 Å². The fraction of sp³-hybridized carbons (Fsp3) is 0.667. The molecule has 0 N–H and O–H groups in total. The lowest BCUT2D eigenvalue weighted by atomic mass is 10.5. The lowest BCUT2D eigenvalue weighted by Crippen LogP contribution is -2.27. The van der Waals surface area contributed by atoms with E-state index in [9.17, 15) is 9.59 Å². The van der Waals surface area contributed by atoms with Crippen molar-refractivity contribution in [1.82, 2.24) is 0 Å². The van der Waals surface area contributed by atoms with Crippen molar-refractivity contribution in [3.8, 4) is 0 Å². The number of carbonyl (C=O) groups is 2. The molecule has 0 saturated carbocycles. The highest BCUT2D eigenvalue weighted by Crippen LogP contribution is 2.10. The number of alkyl halides is 4. The van der Waals surface area contributed by atoms with E-state index in [0.29, 0.717) is 10.7 Å². The molecule has 0 aromatic heterocycles. The SMILES string of the molecule is O=C(OC(=O)C(Br)CBr)C(Br)CBr. The Morgan fingerprint density at radius 1 is 1.00 bits per heavy atom. The van der Waals surface area contributed by atoms with Crippen molar-refractivity contribution < 1.29 is 14.3 Å². The van der Waals surface area contributed by atoms with Crippen LogP contribution < -0.4 is 0 Å². The van der Waals surface area contributed by atoms with Crippen LogP contribution in [0.4, 0.5) is 0 Å². The molecular formula is C6H6Br4O3. The van der Waals surface area contributed by atoms with Crippen molar-refractivity contribution in [3.05, 3.63) is 0 Å². The summed E-state index contributed by atoms with van der Waals surface area (Å²) in [4.78, 5) is 21.1. The Hall–Kier alpha value is 1.06. The molecule has 3 nitrogen and oxygen atoms in total. The Kier molecular flexibility index (Phi) is 7.97. The van der Waals surface area contributed by atoms with E-state index in [1.807, 2.05) is 0 Å². The second-order valence-electron chi connectivity index (χ2n) is 1.98. The lowest BCUT2D eigenvalue weighted by molar-refractivity contribution is -0.158. The van der Waals surface area contributed by atoms with Crippen molar-refractivity contribution in [1.29, 1.82) is 0 Å². The van der Waals surface area contributed by atoms with Crippen LogP contribution in [0.3, 0.4) is 0 Å². The summed E-state index contributed by atoms with van der Waals surface area (Å²) in [5, 5.41) is 0.806. The highest BCUT2D eigenvalue weighted by Gasteiger charge is 2.22. The summed E-state index contributed by atoms with van der Waals surface area (Å²) in [7, 11) is 0. The first-order chi connectivity index (χ1) is 6.02. The third-order valence-electron chi connectivity index (χ3n) is 0.984. The van der Waals surface area contributed by atoms with Crippen LogP contribution in [0, 0.1) is 0 Å².